The van der Waals surface area contributed by atoms with Gasteiger partial charge in [-0.05, 0) is 70.6 Å². The van der Waals surface area contributed by atoms with Crippen LogP contribution in [0.5, 0.6) is 0 Å². The summed E-state index contributed by atoms with van der Waals surface area (Å²) in [6.07, 6.45) is 7.41. The molecule has 1 nitrogen and oxygen atoms in total. The summed E-state index contributed by atoms with van der Waals surface area (Å²) < 4.78 is 16.3. The molecule has 21 heavy (non-hydrogen) atoms. The van der Waals surface area contributed by atoms with Gasteiger partial charge in [-0.2, -0.15) is 0 Å². The van der Waals surface area contributed by atoms with Gasteiger partial charge in [0.15, 0.2) is 0 Å². The van der Waals surface area contributed by atoms with Crippen LogP contribution in [-0.4, -0.2) is 4.57 Å². The van der Waals surface area contributed by atoms with E-state index in [4.69, 9.17) is 6.42 Å². The molecule has 0 N–H and O–H groups in total. The van der Waals surface area contributed by atoms with Gasteiger partial charge in [0.2, 0.25) is 0 Å². The molecule has 3 aromatic rings. The van der Waals surface area contributed by atoms with Crippen LogP contribution in [0.15, 0.2) is 60.8 Å². The summed E-state index contributed by atoms with van der Waals surface area (Å²) in [5.41, 5.74) is 3.90. The molecule has 0 aliphatic carbocycles. The highest BCUT2D eigenvalue weighted by Crippen LogP contribution is 2.27. The van der Waals surface area contributed by atoms with Gasteiger partial charge < -0.3 is 4.57 Å². The Hall–Kier alpha value is -2.06. The molecule has 0 fully saturated rings. The summed E-state index contributed by atoms with van der Waals surface area (Å²) >= 11 is 2.27. The molecule has 0 aliphatic rings. The summed E-state index contributed by atoms with van der Waals surface area (Å²) in [6.45, 7) is 0. The molecule has 2 aromatic carbocycles. The Morgan fingerprint density at radius 2 is 1.67 bits per heavy atom. The van der Waals surface area contributed by atoms with E-state index in [2.05, 4.69) is 34.6 Å². The van der Waals surface area contributed by atoms with Gasteiger partial charge in [0.25, 0.3) is 0 Å². The van der Waals surface area contributed by atoms with E-state index in [0.29, 0.717) is 0 Å². The van der Waals surface area contributed by atoms with Crippen LogP contribution in [0.1, 0.15) is 5.56 Å². The average molecular weight is 387 g/mol. The van der Waals surface area contributed by atoms with Gasteiger partial charge in [-0.3, -0.25) is 0 Å². The quantitative estimate of drug-likeness (QED) is 0.437. The molecule has 102 valence electrons. The number of rotatable bonds is 2. The molecule has 0 aliphatic heterocycles. The molecular formula is C18H11FIN. The first-order valence-corrected chi connectivity index (χ1v) is 7.46. The lowest BCUT2D eigenvalue weighted by Gasteiger charge is -2.09. The minimum atomic E-state index is -0.236. The maximum atomic E-state index is 13.1. The van der Waals surface area contributed by atoms with E-state index in [-0.39, 0.29) is 5.82 Å². The van der Waals surface area contributed by atoms with Crippen LogP contribution in [0.2, 0.25) is 0 Å². The third kappa shape index (κ3) is 2.86. The van der Waals surface area contributed by atoms with Crippen molar-refractivity contribution in [3.05, 3.63) is 75.7 Å². The molecule has 0 saturated heterocycles. The van der Waals surface area contributed by atoms with Crippen LogP contribution in [0, 0.1) is 21.7 Å². The molecule has 0 radical (unpaired) electrons. The van der Waals surface area contributed by atoms with Crippen molar-refractivity contribution < 1.29 is 4.39 Å². The third-order valence-corrected chi connectivity index (χ3v) is 3.83. The lowest BCUT2D eigenvalue weighted by molar-refractivity contribution is 0.627. The van der Waals surface area contributed by atoms with Crippen molar-refractivity contribution in [3.63, 3.8) is 0 Å². The molecule has 0 saturated carbocycles. The maximum absolute atomic E-state index is 13.1. The molecule has 3 rings (SSSR count). The second-order valence-corrected chi connectivity index (χ2v) is 5.86. The van der Waals surface area contributed by atoms with E-state index < -0.39 is 0 Å². The molecule has 0 spiro atoms. The van der Waals surface area contributed by atoms with Crippen molar-refractivity contribution in [2.45, 2.75) is 0 Å². The summed E-state index contributed by atoms with van der Waals surface area (Å²) in [5.74, 6) is 2.38. The first kappa shape index (κ1) is 13.9. The minimum absolute atomic E-state index is 0.236. The zero-order valence-electron chi connectivity index (χ0n) is 11.1. The summed E-state index contributed by atoms with van der Waals surface area (Å²) in [4.78, 5) is 0. The number of benzene rings is 2. The van der Waals surface area contributed by atoms with Gasteiger partial charge in [-0.15, -0.1) is 6.42 Å². The topological polar surface area (TPSA) is 4.93 Å². The highest BCUT2D eigenvalue weighted by Gasteiger charge is 2.09. The Balaban J connectivity index is 2.10. The lowest BCUT2D eigenvalue weighted by Crippen LogP contribution is -1.95. The molecule has 1 heterocycles. The Labute approximate surface area is 136 Å². The molecule has 3 heteroatoms. The van der Waals surface area contributed by atoms with Crippen LogP contribution < -0.4 is 0 Å². The number of nitrogens with zero attached hydrogens (tertiary/aromatic N) is 1. The first-order valence-electron chi connectivity index (χ1n) is 6.38. The van der Waals surface area contributed by atoms with E-state index in [0.717, 1.165) is 26.1 Å². The van der Waals surface area contributed by atoms with Crippen molar-refractivity contribution in [3.8, 4) is 29.3 Å². The Bertz CT molecular complexity index is 808. The van der Waals surface area contributed by atoms with Gasteiger partial charge in [-0.1, -0.05) is 18.1 Å². The number of terminal acetylenes is 1. The lowest BCUT2D eigenvalue weighted by atomic mass is 10.1. The van der Waals surface area contributed by atoms with Gasteiger partial charge in [0, 0.05) is 21.0 Å². The van der Waals surface area contributed by atoms with Crippen LogP contribution in [0.3, 0.4) is 0 Å². The fraction of sp³-hybridized carbons (Fsp3) is 0. The summed E-state index contributed by atoms with van der Waals surface area (Å²) in [5, 5.41) is 0. The number of hydrogen-bond acceptors (Lipinski definition) is 0. The van der Waals surface area contributed by atoms with Crippen molar-refractivity contribution in [2.24, 2.45) is 0 Å². The summed E-state index contributed by atoms with van der Waals surface area (Å²) in [6, 6.07) is 16.4. The van der Waals surface area contributed by atoms with Crippen molar-refractivity contribution >= 4 is 22.6 Å². The Morgan fingerprint density at radius 1 is 1.00 bits per heavy atom. The van der Waals surface area contributed by atoms with E-state index in [9.17, 15) is 4.39 Å². The number of aromatic nitrogens is 1. The summed E-state index contributed by atoms with van der Waals surface area (Å²) in [7, 11) is 0. The van der Waals surface area contributed by atoms with Crippen LogP contribution in [0.4, 0.5) is 4.39 Å². The zero-order valence-corrected chi connectivity index (χ0v) is 13.2. The first-order chi connectivity index (χ1) is 10.2. The minimum Gasteiger partial charge on any atom is -0.315 e. The predicted molar refractivity (Wildman–Crippen MR) is 91.8 cm³/mol. The van der Waals surface area contributed by atoms with E-state index in [1.807, 2.05) is 35.0 Å². The SMILES string of the molecule is C#Cc1ccc(-c2cc(I)cn2-c2ccc(F)cc2)cc1. The Morgan fingerprint density at radius 3 is 2.29 bits per heavy atom. The van der Waals surface area contributed by atoms with Gasteiger partial charge in [0.1, 0.15) is 5.82 Å². The fourth-order valence-electron chi connectivity index (χ4n) is 2.21. The van der Waals surface area contributed by atoms with E-state index >= 15 is 0 Å². The van der Waals surface area contributed by atoms with E-state index in [1.54, 1.807) is 12.1 Å². The van der Waals surface area contributed by atoms with Crippen molar-refractivity contribution in [2.75, 3.05) is 0 Å². The maximum Gasteiger partial charge on any atom is 0.123 e. The monoisotopic (exact) mass is 387 g/mol. The average Bonchev–Trinajstić information content (AvgIpc) is 2.90. The largest absolute Gasteiger partial charge is 0.315 e. The standard InChI is InChI=1S/C18H11FIN/c1-2-13-3-5-14(6-4-13)18-11-16(20)12-21(18)17-9-7-15(19)8-10-17/h1,3-12H. The second-order valence-electron chi connectivity index (χ2n) is 4.61. The molecular weight excluding hydrogens is 376 g/mol. The second kappa shape index (κ2) is 5.74. The van der Waals surface area contributed by atoms with Crippen molar-refractivity contribution in [1.82, 2.24) is 4.57 Å². The number of halogens is 2. The highest BCUT2D eigenvalue weighted by atomic mass is 127. The normalized spacial score (nSPS) is 10.3. The number of hydrogen-bond donors (Lipinski definition) is 0. The smallest absolute Gasteiger partial charge is 0.123 e. The fourth-order valence-corrected chi connectivity index (χ4v) is 2.78. The van der Waals surface area contributed by atoms with Crippen molar-refractivity contribution in [1.29, 1.82) is 0 Å². The van der Waals surface area contributed by atoms with Gasteiger partial charge in [0.05, 0.1) is 5.69 Å². The van der Waals surface area contributed by atoms with Crippen LogP contribution in [-0.2, 0) is 0 Å². The van der Waals surface area contributed by atoms with Gasteiger partial charge >= 0.3 is 0 Å². The molecule has 0 amide bonds. The predicted octanol–water partition coefficient (Wildman–Crippen LogP) is 4.87. The molecule has 0 unspecified atom stereocenters. The molecule has 1 aromatic heterocycles. The van der Waals surface area contributed by atoms with E-state index in [1.165, 1.54) is 12.1 Å². The molecule has 0 bridgehead atoms. The van der Waals surface area contributed by atoms with Gasteiger partial charge in [-0.25, -0.2) is 4.39 Å². The Kier molecular flexibility index (Phi) is 3.80. The highest BCUT2D eigenvalue weighted by molar-refractivity contribution is 14.1. The van der Waals surface area contributed by atoms with Crippen LogP contribution >= 0.6 is 22.6 Å². The third-order valence-electron chi connectivity index (χ3n) is 3.24. The molecule has 0 atom stereocenters. The zero-order chi connectivity index (χ0) is 14.8. The van der Waals surface area contributed by atoms with Crippen LogP contribution in [0.25, 0.3) is 16.9 Å².